The lowest BCUT2D eigenvalue weighted by Gasteiger charge is -2.19. The molecule has 0 spiro atoms. The first-order valence-corrected chi connectivity index (χ1v) is 9.18. The minimum absolute atomic E-state index is 0.0753. The third-order valence-corrected chi connectivity index (χ3v) is 5.23. The van der Waals surface area contributed by atoms with Crippen LogP contribution in [0.25, 0.3) is 0 Å². The monoisotopic (exact) mass is 337 g/mol. The van der Waals surface area contributed by atoms with Crippen molar-refractivity contribution in [2.24, 2.45) is 11.3 Å². The molecule has 128 valence electrons. The zero-order valence-corrected chi connectivity index (χ0v) is 15.6. The maximum absolute atomic E-state index is 12.5. The summed E-state index contributed by atoms with van der Waals surface area (Å²) in [6, 6.07) is 0. The van der Waals surface area contributed by atoms with Crippen LogP contribution in [-0.2, 0) is 22.4 Å². The number of nitrogens with one attached hydrogen (secondary N) is 1. The molecule has 1 aliphatic rings. The number of carbonyl (C=O) groups is 2. The molecule has 0 unspecified atom stereocenters. The lowest BCUT2D eigenvalue weighted by atomic mass is 9.88. The molecule has 0 fully saturated rings. The number of esters is 1. The Hall–Kier alpha value is -1.36. The summed E-state index contributed by atoms with van der Waals surface area (Å²) in [5.41, 5.74) is 1.17. The SMILES string of the molecule is CCCOC(=O)c1c(NC(=O)C(C)(C)C)sc2c1CC[C@H](C)C2. The number of rotatable bonds is 4. The Labute approximate surface area is 142 Å². The minimum Gasteiger partial charge on any atom is -0.462 e. The molecular formula is C18H27NO3S. The third-order valence-electron chi connectivity index (χ3n) is 4.06. The van der Waals surface area contributed by atoms with Crippen molar-refractivity contribution in [1.82, 2.24) is 0 Å². The van der Waals surface area contributed by atoms with Crippen molar-refractivity contribution < 1.29 is 14.3 Å². The van der Waals surface area contributed by atoms with Gasteiger partial charge in [-0.15, -0.1) is 11.3 Å². The Bertz CT molecular complexity index is 598. The molecule has 0 radical (unpaired) electrons. The molecule has 1 aliphatic carbocycles. The standard InChI is InChI=1S/C18H27NO3S/c1-6-9-22-16(20)14-12-8-7-11(2)10-13(12)23-15(14)19-17(21)18(3,4)5/h11H,6-10H2,1-5H3,(H,19,21)/t11-/m0/s1. The van der Waals surface area contributed by atoms with Crippen molar-refractivity contribution in [3.63, 3.8) is 0 Å². The number of fused-ring (bicyclic) bond motifs is 1. The number of thiophene rings is 1. The first kappa shape index (κ1) is 18.0. The van der Waals surface area contributed by atoms with Gasteiger partial charge in [-0.2, -0.15) is 0 Å². The first-order chi connectivity index (χ1) is 10.7. The largest absolute Gasteiger partial charge is 0.462 e. The first-order valence-electron chi connectivity index (χ1n) is 8.37. The van der Waals surface area contributed by atoms with Crippen molar-refractivity contribution in [3.05, 3.63) is 16.0 Å². The van der Waals surface area contributed by atoms with E-state index in [2.05, 4.69) is 12.2 Å². The fourth-order valence-corrected chi connectivity index (χ4v) is 4.01. The number of ether oxygens (including phenoxy) is 1. The highest BCUT2D eigenvalue weighted by Crippen LogP contribution is 2.40. The smallest absolute Gasteiger partial charge is 0.341 e. The number of amides is 1. The molecule has 0 saturated heterocycles. The quantitative estimate of drug-likeness (QED) is 0.827. The van der Waals surface area contributed by atoms with E-state index in [9.17, 15) is 9.59 Å². The Balaban J connectivity index is 2.36. The molecule has 0 aliphatic heterocycles. The minimum atomic E-state index is -0.498. The molecule has 0 aromatic carbocycles. The fraction of sp³-hybridized carbons (Fsp3) is 0.667. The molecule has 5 heteroatoms. The van der Waals surface area contributed by atoms with Gasteiger partial charge in [-0.3, -0.25) is 4.79 Å². The van der Waals surface area contributed by atoms with Gasteiger partial charge < -0.3 is 10.1 Å². The van der Waals surface area contributed by atoms with E-state index in [1.807, 2.05) is 27.7 Å². The summed E-state index contributed by atoms with van der Waals surface area (Å²) >= 11 is 1.54. The second-order valence-corrected chi connectivity index (χ2v) is 8.50. The van der Waals surface area contributed by atoms with Gasteiger partial charge in [0.1, 0.15) is 5.00 Å². The third kappa shape index (κ3) is 4.14. The van der Waals surface area contributed by atoms with Crippen molar-refractivity contribution in [1.29, 1.82) is 0 Å². The van der Waals surface area contributed by atoms with Gasteiger partial charge in [0.15, 0.2) is 0 Å². The topological polar surface area (TPSA) is 55.4 Å². The van der Waals surface area contributed by atoms with Crippen molar-refractivity contribution in [2.45, 2.75) is 60.3 Å². The van der Waals surface area contributed by atoms with Crippen LogP contribution >= 0.6 is 11.3 Å². The number of anilines is 1. The van der Waals surface area contributed by atoms with E-state index >= 15 is 0 Å². The zero-order chi connectivity index (χ0) is 17.2. The highest BCUT2D eigenvalue weighted by molar-refractivity contribution is 7.17. The summed E-state index contributed by atoms with van der Waals surface area (Å²) in [5.74, 6) is 0.239. The average molecular weight is 337 g/mol. The highest BCUT2D eigenvalue weighted by Gasteiger charge is 2.31. The fourth-order valence-electron chi connectivity index (χ4n) is 2.61. The maximum atomic E-state index is 12.5. The van der Waals surface area contributed by atoms with E-state index in [-0.39, 0.29) is 11.9 Å². The Morgan fingerprint density at radius 1 is 1.35 bits per heavy atom. The van der Waals surface area contributed by atoms with Crippen LogP contribution in [0.5, 0.6) is 0 Å². The van der Waals surface area contributed by atoms with Gasteiger partial charge in [-0.1, -0.05) is 34.6 Å². The molecule has 1 atom stereocenters. The predicted octanol–water partition coefficient (Wildman–Crippen LogP) is 4.42. The van der Waals surface area contributed by atoms with Crippen LogP contribution in [0.2, 0.25) is 0 Å². The zero-order valence-electron chi connectivity index (χ0n) is 14.7. The van der Waals surface area contributed by atoms with E-state index in [4.69, 9.17) is 4.74 Å². The summed E-state index contributed by atoms with van der Waals surface area (Å²) in [6.07, 6.45) is 3.72. The van der Waals surface area contributed by atoms with E-state index in [0.29, 0.717) is 23.1 Å². The van der Waals surface area contributed by atoms with Gasteiger partial charge in [-0.05, 0) is 37.2 Å². The molecule has 1 amide bonds. The molecule has 1 aromatic heterocycles. The van der Waals surface area contributed by atoms with E-state index in [0.717, 1.165) is 31.2 Å². The molecule has 1 heterocycles. The number of hydrogen-bond donors (Lipinski definition) is 1. The second kappa shape index (κ2) is 7.04. The summed E-state index contributed by atoms with van der Waals surface area (Å²) in [7, 11) is 0. The molecule has 0 bridgehead atoms. The summed E-state index contributed by atoms with van der Waals surface area (Å²) in [5, 5.41) is 3.62. The second-order valence-electron chi connectivity index (χ2n) is 7.40. The maximum Gasteiger partial charge on any atom is 0.341 e. The molecule has 1 aromatic rings. The highest BCUT2D eigenvalue weighted by atomic mass is 32.1. The normalized spacial score (nSPS) is 17.5. The molecule has 1 N–H and O–H groups in total. The van der Waals surface area contributed by atoms with Crippen LogP contribution in [0.1, 0.15) is 68.3 Å². The lowest BCUT2D eigenvalue weighted by molar-refractivity contribution is -0.123. The Kier molecular flexibility index (Phi) is 5.50. The van der Waals surface area contributed by atoms with Crippen LogP contribution in [0, 0.1) is 11.3 Å². The van der Waals surface area contributed by atoms with Crippen molar-refractivity contribution >= 4 is 28.2 Å². The summed E-state index contributed by atoms with van der Waals surface area (Å²) in [6.45, 7) is 10.2. The van der Waals surface area contributed by atoms with Gasteiger partial charge in [0.05, 0.1) is 12.2 Å². The molecule has 0 saturated carbocycles. The molecule has 4 nitrogen and oxygen atoms in total. The number of carbonyl (C=O) groups excluding carboxylic acids is 2. The van der Waals surface area contributed by atoms with E-state index in [1.165, 1.54) is 16.2 Å². The van der Waals surface area contributed by atoms with Crippen molar-refractivity contribution in [2.75, 3.05) is 11.9 Å². The van der Waals surface area contributed by atoms with Gasteiger partial charge in [0, 0.05) is 10.3 Å². The molecule has 2 rings (SSSR count). The predicted molar refractivity (Wildman–Crippen MR) is 94.2 cm³/mol. The van der Waals surface area contributed by atoms with Crippen LogP contribution < -0.4 is 5.32 Å². The average Bonchev–Trinajstić information content (AvgIpc) is 2.80. The van der Waals surface area contributed by atoms with E-state index < -0.39 is 5.41 Å². The molecule has 23 heavy (non-hydrogen) atoms. The Morgan fingerprint density at radius 3 is 2.65 bits per heavy atom. The van der Waals surface area contributed by atoms with Gasteiger partial charge >= 0.3 is 5.97 Å². The summed E-state index contributed by atoms with van der Waals surface area (Å²) < 4.78 is 5.35. The van der Waals surface area contributed by atoms with Gasteiger partial charge in [0.25, 0.3) is 0 Å². The molecular weight excluding hydrogens is 310 g/mol. The number of hydrogen-bond acceptors (Lipinski definition) is 4. The van der Waals surface area contributed by atoms with Crippen molar-refractivity contribution in [3.8, 4) is 0 Å². The van der Waals surface area contributed by atoms with Gasteiger partial charge in [0.2, 0.25) is 5.91 Å². The van der Waals surface area contributed by atoms with Gasteiger partial charge in [-0.25, -0.2) is 4.79 Å². The Morgan fingerprint density at radius 2 is 2.04 bits per heavy atom. The summed E-state index contributed by atoms with van der Waals surface area (Å²) in [4.78, 5) is 26.1. The van der Waals surface area contributed by atoms with Crippen LogP contribution in [0.3, 0.4) is 0 Å². The van der Waals surface area contributed by atoms with Crippen LogP contribution in [0.15, 0.2) is 0 Å². The van der Waals surface area contributed by atoms with Crippen LogP contribution in [0.4, 0.5) is 5.00 Å². The van der Waals surface area contributed by atoms with E-state index in [1.54, 1.807) is 0 Å². The van der Waals surface area contributed by atoms with Crippen LogP contribution in [-0.4, -0.2) is 18.5 Å². The lowest BCUT2D eigenvalue weighted by Crippen LogP contribution is -2.28.